The molecule has 5 nitrogen and oxygen atoms in total. The maximum atomic E-state index is 12.0. The average Bonchev–Trinajstić information content (AvgIpc) is 3.02. The van der Waals surface area contributed by atoms with Crippen molar-refractivity contribution in [2.24, 2.45) is 0 Å². The van der Waals surface area contributed by atoms with Gasteiger partial charge in [0.25, 0.3) is 0 Å². The van der Waals surface area contributed by atoms with Crippen molar-refractivity contribution in [3.05, 3.63) is 65.7 Å². The van der Waals surface area contributed by atoms with Gasteiger partial charge in [0.1, 0.15) is 0 Å². The fourth-order valence-electron chi connectivity index (χ4n) is 2.26. The Morgan fingerprint density at radius 3 is 2.76 bits per heavy atom. The van der Waals surface area contributed by atoms with Crippen LogP contribution in [0.5, 0.6) is 0 Å². The molecule has 0 spiro atoms. The van der Waals surface area contributed by atoms with E-state index >= 15 is 0 Å². The number of rotatable bonds is 4. The van der Waals surface area contributed by atoms with Crippen molar-refractivity contribution in [1.82, 2.24) is 5.32 Å². The molecule has 0 saturated heterocycles. The van der Waals surface area contributed by atoms with Crippen LogP contribution in [0, 0.1) is 0 Å². The molecule has 1 heterocycles. The second kappa shape index (κ2) is 7.72. The number of amides is 1. The molecule has 25 heavy (non-hydrogen) atoms. The third-order valence-corrected chi connectivity index (χ3v) is 4.38. The topological polar surface area (TPSA) is 67.4 Å². The summed E-state index contributed by atoms with van der Waals surface area (Å²) in [6.45, 7) is 2.11. The van der Waals surface area contributed by atoms with Crippen LogP contribution >= 0.6 is 11.4 Å². The first-order valence-corrected chi connectivity index (χ1v) is 8.64. The van der Waals surface area contributed by atoms with E-state index in [2.05, 4.69) is 10.6 Å². The molecular weight excluding hydrogens is 336 g/mol. The normalized spacial score (nSPS) is 12.3. The average molecular weight is 353 g/mol. The van der Waals surface area contributed by atoms with E-state index in [0.717, 1.165) is 16.1 Å². The van der Waals surface area contributed by atoms with Crippen LogP contribution in [-0.4, -0.2) is 23.6 Å². The molecule has 0 saturated carbocycles. The van der Waals surface area contributed by atoms with E-state index in [1.54, 1.807) is 31.2 Å². The summed E-state index contributed by atoms with van der Waals surface area (Å²) in [6, 6.07) is 14.9. The monoisotopic (exact) mass is 353 g/mol. The van der Waals surface area contributed by atoms with Crippen LogP contribution in [0.15, 0.2) is 59.5 Å². The number of carbonyl (C=O) groups is 2. The quantitative estimate of drug-likeness (QED) is 0.503. The van der Waals surface area contributed by atoms with Gasteiger partial charge >= 0.3 is 5.97 Å². The van der Waals surface area contributed by atoms with Crippen molar-refractivity contribution < 1.29 is 14.3 Å². The smallest absolute Gasteiger partial charge is 0.338 e. The molecule has 0 fully saturated rings. The van der Waals surface area contributed by atoms with E-state index in [0.29, 0.717) is 17.3 Å². The van der Waals surface area contributed by atoms with Gasteiger partial charge in [-0.05, 0) is 36.8 Å². The van der Waals surface area contributed by atoms with Gasteiger partial charge in [-0.2, -0.15) is 0 Å². The Morgan fingerprint density at radius 1 is 1.20 bits per heavy atom. The van der Waals surface area contributed by atoms with Crippen LogP contribution in [0.3, 0.4) is 0 Å². The number of nitrogens with one attached hydrogen (secondary N) is 2. The standard InChI is InChI=1S/C19H17N2O3S/c1-2-24-18(23)14-9-10-15-16(12-14)25-19(20-15)21-17(22)11-8-13-6-4-3-5-7-13/h3-12,20H,2H2,1H3,(H,21,22)/b11-8+. The zero-order valence-electron chi connectivity index (χ0n) is 13.6. The lowest BCUT2D eigenvalue weighted by atomic mass is 10.2. The Kier molecular flexibility index (Phi) is 5.20. The van der Waals surface area contributed by atoms with Crippen LogP contribution in [-0.2, 0) is 9.53 Å². The number of esters is 1. The molecule has 0 aromatic heterocycles. The van der Waals surface area contributed by atoms with E-state index in [-0.39, 0.29) is 11.9 Å². The highest BCUT2D eigenvalue weighted by Gasteiger charge is 2.17. The van der Waals surface area contributed by atoms with Crippen molar-refractivity contribution >= 4 is 40.1 Å². The largest absolute Gasteiger partial charge is 0.462 e. The first-order chi connectivity index (χ1) is 12.2. The highest BCUT2D eigenvalue weighted by atomic mass is 32.1. The summed E-state index contributed by atoms with van der Waals surface area (Å²) in [6.07, 6.45) is 3.24. The van der Waals surface area contributed by atoms with E-state index in [1.807, 2.05) is 30.3 Å². The molecule has 0 bridgehead atoms. The van der Waals surface area contributed by atoms with Gasteiger partial charge < -0.3 is 10.1 Å². The fourth-order valence-corrected chi connectivity index (χ4v) is 3.20. The van der Waals surface area contributed by atoms with Gasteiger partial charge in [0.15, 0.2) is 5.11 Å². The molecule has 2 aromatic carbocycles. The van der Waals surface area contributed by atoms with Crippen molar-refractivity contribution in [3.63, 3.8) is 0 Å². The van der Waals surface area contributed by atoms with Gasteiger partial charge in [0, 0.05) is 6.08 Å². The first-order valence-electron chi connectivity index (χ1n) is 7.83. The number of fused-ring (bicyclic) bond motifs is 1. The van der Waals surface area contributed by atoms with Crippen molar-refractivity contribution in [2.45, 2.75) is 11.8 Å². The Morgan fingerprint density at radius 2 is 2.00 bits per heavy atom. The number of benzene rings is 2. The third kappa shape index (κ3) is 4.30. The summed E-state index contributed by atoms with van der Waals surface area (Å²) in [5.74, 6) is -0.577. The zero-order chi connectivity index (χ0) is 17.6. The van der Waals surface area contributed by atoms with Crippen LogP contribution in [0.1, 0.15) is 22.8 Å². The lowest BCUT2D eigenvalue weighted by molar-refractivity contribution is -0.115. The molecule has 0 atom stereocenters. The number of hydrogen-bond donors (Lipinski definition) is 2. The second-order valence-corrected chi connectivity index (χ2v) is 6.27. The molecule has 1 aliphatic heterocycles. The van der Waals surface area contributed by atoms with Gasteiger partial charge in [-0.1, -0.05) is 41.7 Å². The number of anilines is 1. The minimum atomic E-state index is -0.353. The lowest BCUT2D eigenvalue weighted by Gasteiger charge is -2.05. The van der Waals surface area contributed by atoms with Crippen molar-refractivity contribution in [1.29, 1.82) is 0 Å². The molecule has 1 aliphatic rings. The first kappa shape index (κ1) is 16.9. The van der Waals surface area contributed by atoms with Gasteiger partial charge in [-0.3, -0.25) is 10.1 Å². The van der Waals surface area contributed by atoms with Crippen LogP contribution in [0.2, 0.25) is 0 Å². The second-order valence-electron chi connectivity index (χ2n) is 5.22. The number of carbonyl (C=O) groups excluding carboxylic acids is 2. The molecule has 1 radical (unpaired) electrons. The Labute approximate surface area is 149 Å². The highest BCUT2D eigenvalue weighted by molar-refractivity contribution is 7.99. The maximum Gasteiger partial charge on any atom is 0.338 e. The van der Waals surface area contributed by atoms with Gasteiger partial charge in [-0.15, -0.1) is 0 Å². The summed E-state index contributed by atoms with van der Waals surface area (Å²) in [4.78, 5) is 24.7. The predicted molar refractivity (Wildman–Crippen MR) is 101 cm³/mol. The summed E-state index contributed by atoms with van der Waals surface area (Å²) in [5, 5.41) is 6.53. The number of ether oxygens (including phenoxy) is 1. The summed E-state index contributed by atoms with van der Waals surface area (Å²) >= 11 is 1.37. The summed E-state index contributed by atoms with van der Waals surface area (Å²) < 4.78 is 5.00. The predicted octanol–water partition coefficient (Wildman–Crippen LogP) is 3.30. The Bertz CT molecular complexity index is 860. The van der Waals surface area contributed by atoms with E-state index in [9.17, 15) is 9.59 Å². The molecule has 6 heteroatoms. The Hall–Kier alpha value is -2.99. The number of hydrogen-bond acceptors (Lipinski definition) is 4. The fraction of sp³-hybridized carbons (Fsp3) is 0.105. The molecule has 2 N–H and O–H groups in total. The van der Waals surface area contributed by atoms with Gasteiger partial charge in [-0.25, -0.2) is 4.79 Å². The minimum absolute atomic E-state index is 0.225. The third-order valence-electron chi connectivity index (χ3n) is 3.42. The van der Waals surface area contributed by atoms with E-state index in [4.69, 9.17) is 4.74 Å². The highest BCUT2D eigenvalue weighted by Crippen LogP contribution is 2.29. The van der Waals surface area contributed by atoms with Crippen LogP contribution < -0.4 is 10.6 Å². The van der Waals surface area contributed by atoms with E-state index in [1.165, 1.54) is 17.4 Å². The molecule has 127 valence electrons. The zero-order valence-corrected chi connectivity index (χ0v) is 14.4. The van der Waals surface area contributed by atoms with Gasteiger partial charge in [0.2, 0.25) is 5.91 Å². The van der Waals surface area contributed by atoms with Gasteiger partial charge in [0.05, 0.1) is 22.8 Å². The molecule has 0 unspecified atom stereocenters. The molecule has 0 aliphatic carbocycles. The summed E-state index contributed by atoms with van der Waals surface area (Å²) in [5.41, 5.74) is 2.30. The van der Waals surface area contributed by atoms with Crippen molar-refractivity contribution in [3.8, 4) is 0 Å². The molecule has 1 amide bonds. The van der Waals surface area contributed by atoms with Crippen molar-refractivity contribution in [2.75, 3.05) is 11.9 Å². The van der Waals surface area contributed by atoms with E-state index < -0.39 is 0 Å². The minimum Gasteiger partial charge on any atom is -0.462 e. The summed E-state index contributed by atoms with van der Waals surface area (Å²) in [7, 11) is 0. The van der Waals surface area contributed by atoms with Crippen LogP contribution in [0.4, 0.5) is 5.69 Å². The maximum absolute atomic E-state index is 12.0. The molecular formula is C19H17N2O3S. The SMILES string of the molecule is CCOC(=O)c1ccc2c(c1)[S]=C(NC(=O)/C=C/c1ccccc1)N2. The molecule has 2 aromatic rings. The molecule has 3 rings (SSSR count). The Balaban J connectivity index is 1.65. The lowest BCUT2D eigenvalue weighted by Crippen LogP contribution is -2.31. The van der Waals surface area contributed by atoms with Crippen LogP contribution in [0.25, 0.3) is 6.08 Å².